The Labute approximate surface area is 296 Å². The van der Waals surface area contributed by atoms with Gasteiger partial charge in [0, 0.05) is 24.1 Å². The Bertz CT molecular complexity index is 1970. The number of piperidine rings is 1. The van der Waals surface area contributed by atoms with Gasteiger partial charge in [0.05, 0.1) is 22.1 Å². The summed E-state index contributed by atoms with van der Waals surface area (Å²) in [6.45, 7) is 4.98. The van der Waals surface area contributed by atoms with Crippen molar-refractivity contribution in [3.63, 3.8) is 0 Å². The summed E-state index contributed by atoms with van der Waals surface area (Å²) >= 11 is 6.93. The van der Waals surface area contributed by atoms with Gasteiger partial charge in [-0.05, 0) is 66.8 Å². The van der Waals surface area contributed by atoms with E-state index < -0.39 is 24.0 Å². The Balaban J connectivity index is 1.34. The summed E-state index contributed by atoms with van der Waals surface area (Å²) in [6, 6.07) is 20.4. The van der Waals surface area contributed by atoms with Crippen molar-refractivity contribution in [3.05, 3.63) is 123 Å². The van der Waals surface area contributed by atoms with Crippen molar-refractivity contribution < 1.29 is 29.0 Å². The smallest absolute Gasteiger partial charge is 0.320 e. The SMILES string of the molecule is Cc1ccccc1C1=CC=CC(COc2cc(OCc3cccc(C#N)c3)c(CN3CCCC[C@H]3C(=O)O)cc2Cl)(c2noc(CO)n2)C1C. The molecule has 3 aromatic carbocycles. The average Bonchev–Trinajstić information content (AvgIpc) is 3.62. The highest BCUT2D eigenvalue weighted by atomic mass is 35.5. The molecular formula is C39H39ClN4O6. The second-order valence-electron chi connectivity index (χ2n) is 12.8. The summed E-state index contributed by atoms with van der Waals surface area (Å²) < 4.78 is 18.3. The fourth-order valence-corrected chi connectivity index (χ4v) is 7.08. The van der Waals surface area contributed by atoms with E-state index in [1.165, 1.54) is 0 Å². The topological polar surface area (TPSA) is 142 Å². The van der Waals surface area contributed by atoms with E-state index in [9.17, 15) is 20.3 Å². The predicted molar refractivity (Wildman–Crippen MR) is 187 cm³/mol. The maximum Gasteiger partial charge on any atom is 0.320 e. The maximum absolute atomic E-state index is 12.1. The number of aliphatic hydroxyl groups excluding tert-OH is 1. The number of hydrogen-bond donors (Lipinski definition) is 2. The third-order valence-corrected chi connectivity index (χ3v) is 9.98. The van der Waals surface area contributed by atoms with Crippen LogP contribution in [-0.2, 0) is 30.0 Å². The number of aryl methyl sites for hydroxylation is 1. The van der Waals surface area contributed by atoms with Crippen LogP contribution in [0.3, 0.4) is 0 Å². The number of carbonyl (C=O) groups is 1. The van der Waals surface area contributed by atoms with Gasteiger partial charge >= 0.3 is 5.97 Å². The molecule has 4 aromatic rings. The number of aliphatic hydroxyl groups is 1. The van der Waals surface area contributed by atoms with E-state index in [4.69, 9.17) is 25.6 Å². The lowest BCUT2D eigenvalue weighted by Crippen LogP contribution is -2.44. The number of rotatable bonds is 12. The zero-order valence-corrected chi connectivity index (χ0v) is 28.8. The molecule has 2 aliphatic rings. The van der Waals surface area contributed by atoms with Crippen LogP contribution in [0.4, 0.5) is 0 Å². The number of carboxylic acids is 1. The molecule has 10 nitrogen and oxygen atoms in total. The summed E-state index contributed by atoms with van der Waals surface area (Å²) in [5, 5.41) is 33.7. The molecule has 1 aliphatic carbocycles. The molecule has 1 aliphatic heterocycles. The normalized spacial score (nSPS) is 20.6. The third-order valence-electron chi connectivity index (χ3n) is 9.69. The third kappa shape index (κ3) is 7.31. The van der Waals surface area contributed by atoms with Crippen LogP contribution < -0.4 is 9.47 Å². The molecule has 258 valence electrons. The van der Waals surface area contributed by atoms with Gasteiger partial charge in [0.15, 0.2) is 5.82 Å². The Kier molecular flexibility index (Phi) is 10.7. The molecule has 1 fully saturated rings. The second-order valence-corrected chi connectivity index (χ2v) is 13.2. The summed E-state index contributed by atoms with van der Waals surface area (Å²) in [5.41, 5.74) is 4.45. The number of ether oxygens (including phenoxy) is 2. The minimum atomic E-state index is -0.896. The Morgan fingerprint density at radius 3 is 2.74 bits per heavy atom. The molecule has 6 rings (SSSR count). The number of aliphatic carboxylic acids is 1. The molecule has 0 spiro atoms. The first-order valence-electron chi connectivity index (χ1n) is 16.7. The van der Waals surface area contributed by atoms with Crippen LogP contribution in [0.2, 0.25) is 5.02 Å². The lowest BCUT2D eigenvalue weighted by molar-refractivity contribution is -0.144. The summed E-state index contributed by atoms with van der Waals surface area (Å²) in [7, 11) is 0. The quantitative estimate of drug-likeness (QED) is 0.159. The fourth-order valence-electron chi connectivity index (χ4n) is 6.84. The highest BCUT2D eigenvalue weighted by molar-refractivity contribution is 6.32. The van der Waals surface area contributed by atoms with E-state index in [0.29, 0.717) is 47.4 Å². The molecule has 0 amide bonds. The van der Waals surface area contributed by atoms with Gasteiger partial charge in [0.1, 0.15) is 37.4 Å². The number of hydrogen-bond acceptors (Lipinski definition) is 9. The molecular weight excluding hydrogens is 656 g/mol. The van der Waals surface area contributed by atoms with E-state index in [1.807, 2.05) is 35.3 Å². The fraction of sp³-hybridized carbons (Fsp3) is 0.333. The van der Waals surface area contributed by atoms with Crippen molar-refractivity contribution in [2.24, 2.45) is 5.92 Å². The number of benzene rings is 3. The average molecular weight is 695 g/mol. The highest BCUT2D eigenvalue weighted by Crippen LogP contribution is 2.45. The molecule has 1 aromatic heterocycles. The zero-order chi connectivity index (χ0) is 35.3. The van der Waals surface area contributed by atoms with E-state index >= 15 is 0 Å². The van der Waals surface area contributed by atoms with Crippen molar-refractivity contribution in [2.45, 2.75) is 64.3 Å². The minimum Gasteiger partial charge on any atom is -0.490 e. The number of nitriles is 1. The molecule has 11 heteroatoms. The lowest BCUT2D eigenvalue weighted by Gasteiger charge is -2.37. The van der Waals surface area contributed by atoms with Crippen LogP contribution in [0, 0.1) is 24.2 Å². The maximum atomic E-state index is 12.1. The van der Waals surface area contributed by atoms with Crippen LogP contribution >= 0.6 is 11.6 Å². The van der Waals surface area contributed by atoms with Gasteiger partial charge in [-0.2, -0.15) is 10.2 Å². The van der Waals surface area contributed by atoms with Crippen molar-refractivity contribution in [2.75, 3.05) is 13.2 Å². The van der Waals surface area contributed by atoms with E-state index in [1.54, 1.807) is 30.3 Å². The van der Waals surface area contributed by atoms with Gasteiger partial charge in [-0.25, -0.2) is 0 Å². The van der Waals surface area contributed by atoms with E-state index in [0.717, 1.165) is 40.7 Å². The van der Waals surface area contributed by atoms with Crippen LogP contribution in [0.15, 0.2) is 83.4 Å². The van der Waals surface area contributed by atoms with Crippen molar-refractivity contribution in [1.82, 2.24) is 15.0 Å². The molecule has 0 radical (unpaired) electrons. The van der Waals surface area contributed by atoms with E-state index in [2.05, 4.69) is 48.3 Å². The lowest BCUT2D eigenvalue weighted by atomic mass is 9.68. The van der Waals surface area contributed by atoms with Gasteiger partial charge in [-0.1, -0.05) is 84.7 Å². The standard InChI is InChI=1S/C39H39ClN4O6/c1-25-9-3-4-12-30(25)31-13-8-15-39(26(31)2,38-42-36(22-45)50-43-38)24-49-35-19-34(48-23-28-11-7-10-27(17-28)20-41)29(18-32(35)40)21-44-16-6-5-14-33(44)37(46)47/h3-4,7-13,15,17-19,26,33,45H,5-6,14,16,21-24H2,1-2H3,(H,46,47)/t26?,33-,39?/m0/s1. The molecule has 50 heavy (non-hydrogen) atoms. The van der Waals surface area contributed by atoms with Crippen LogP contribution in [-0.4, -0.2) is 50.4 Å². The van der Waals surface area contributed by atoms with Crippen LogP contribution in [0.5, 0.6) is 11.5 Å². The molecule has 0 saturated carbocycles. The van der Waals surface area contributed by atoms with Crippen LogP contribution in [0.25, 0.3) is 5.57 Å². The van der Waals surface area contributed by atoms with Gasteiger partial charge < -0.3 is 24.2 Å². The number of likely N-dealkylation sites (tertiary alicyclic amines) is 1. The second kappa shape index (κ2) is 15.3. The number of carboxylic acid groups (broad SMARTS) is 1. The molecule has 1 saturated heterocycles. The first-order valence-corrected chi connectivity index (χ1v) is 17.0. The summed E-state index contributed by atoms with van der Waals surface area (Å²) in [4.78, 5) is 18.6. The molecule has 2 N–H and O–H groups in total. The minimum absolute atomic E-state index is 0.0776. The Morgan fingerprint density at radius 2 is 1.98 bits per heavy atom. The zero-order valence-electron chi connectivity index (χ0n) is 28.0. The monoisotopic (exact) mass is 694 g/mol. The predicted octanol–water partition coefficient (Wildman–Crippen LogP) is 7.02. The molecule has 2 unspecified atom stereocenters. The van der Waals surface area contributed by atoms with Gasteiger partial charge in [0.25, 0.3) is 5.89 Å². The largest absolute Gasteiger partial charge is 0.490 e. The number of allylic oxidation sites excluding steroid dienone is 3. The summed E-state index contributed by atoms with van der Waals surface area (Å²) in [5.74, 6) is 0.300. The molecule has 0 bridgehead atoms. The Hall–Kier alpha value is -4.95. The molecule has 3 atom stereocenters. The Morgan fingerprint density at radius 1 is 1.14 bits per heavy atom. The number of nitrogens with zero attached hydrogens (tertiary/aromatic N) is 4. The summed E-state index contributed by atoms with van der Waals surface area (Å²) in [6.07, 6.45) is 8.37. The highest BCUT2D eigenvalue weighted by Gasteiger charge is 2.45. The van der Waals surface area contributed by atoms with Crippen LogP contribution in [0.1, 0.15) is 65.7 Å². The first-order chi connectivity index (χ1) is 24.2. The van der Waals surface area contributed by atoms with E-state index in [-0.39, 0.29) is 25.0 Å². The molecule has 2 heterocycles. The van der Waals surface area contributed by atoms with Gasteiger partial charge in [0.2, 0.25) is 0 Å². The van der Waals surface area contributed by atoms with Crippen molar-refractivity contribution >= 4 is 23.1 Å². The van der Waals surface area contributed by atoms with Crippen molar-refractivity contribution in [3.8, 4) is 17.6 Å². The number of halogens is 1. The number of aromatic nitrogens is 2. The van der Waals surface area contributed by atoms with Gasteiger partial charge in [-0.3, -0.25) is 9.69 Å². The van der Waals surface area contributed by atoms with Crippen molar-refractivity contribution in [1.29, 1.82) is 5.26 Å². The van der Waals surface area contributed by atoms with Gasteiger partial charge in [-0.15, -0.1) is 0 Å². The first kappa shape index (κ1) is 34.9.